The van der Waals surface area contributed by atoms with Gasteiger partial charge in [-0.05, 0) is 30.3 Å². The van der Waals surface area contributed by atoms with Gasteiger partial charge < -0.3 is 20.8 Å². The third-order valence-corrected chi connectivity index (χ3v) is 2.79. The molecule has 0 aromatic heterocycles. The largest absolute Gasteiger partial charge is 0.872 e. The number of halogens is 1. The Bertz CT molecular complexity index is 703. The second-order valence-corrected chi connectivity index (χ2v) is 4.54. The molecule has 0 aliphatic carbocycles. The van der Waals surface area contributed by atoms with E-state index in [1.54, 1.807) is 24.3 Å². The van der Waals surface area contributed by atoms with E-state index < -0.39 is 23.3 Å². The number of carboxylic acid groups (broad SMARTS) is 1. The van der Waals surface area contributed by atoms with Crippen molar-refractivity contribution in [2.75, 3.05) is 10.6 Å². The molecule has 21 heavy (non-hydrogen) atoms. The molecule has 0 heterocycles. The third-order valence-electron chi connectivity index (χ3n) is 2.55. The highest BCUT2D eigenvalue weighted by molar-refractivity contribution is 6.30. The Morgan fingerprint density at radius 2 is 1.71 bits per heavy atom. The Kier molecular flexibility index (Phi) is 4.30. The maximum atomic E-state index is 11.8. The van der Waals surface area contributed by atoms with E-state index >= 15 is 0 Å². The Hall–Kier alpha value is -2.73. The van der Waals surface area contributed by atoms with Crippen LogP contribution in [0.4, 0.5) is 16.2 Å². The number of carbonyl (C=O) groups excluding carboxylic acids is 1. The highest BCUT2D eigenvalue weighted by atomic mass is 35.5. The molecule has 0 atom stereocenters. The number of urea groups is 1. The maximum absolute atomic E-state index is 11.8. The number of anilines is 2. The van der Waals surface area contributed by atoms with Crippen LogP contribution in [-0.4, -0.2) is 17.1 Å². The SMILES string of the molecule is O=C(Nc1cccc(Cl)c1)Nc1ccc([O-])c(C(=O)O)c1. The van der Waals surface area contributed by atoms with Gasteiger partial charge in [0.1, 0.15) is 0 Å². The Balaban J connectivity index is 2.09. The third kappa shape index (κ3) is 3.87. The summed E-state index contributed by atoms with van der Waals surface area (Å²) in [5.41, 5.74) is 0.279. The summed E-state index contributed by atoms with van der Waals surface area (Å²) in [4.78, 5) is 22.6. The summed E-state index contributed by atoms with van der Waals surface area (Å²) in [6.07, 6.45) is 0. The molecule has 7 heteroatoms. The predicted molar refractivity (Wildman–Crippen MR) is 76.9 cm³/mol. The first-order chi connectivity index (χ1) is 9.95. The van der Waals surface area contributed by atoms with Crippen molar-refractivity contribution in [2.45, 2.75) is 0 Å². The number of hydrogen-bond acceptors (Lipinski definition) is 3. The average molecular weight is 306 g/mol. The van der Waals surface area contributed by atoms with Crippen molar-refractivity contribution in [2.24, 2.45) is 0 Å². The van der Waals surface area contributed by atoms with Gasteiger partial charge in [-0.3, -0.25) is 0 Å². The summed E-state index contributed by atoms with van der Waals surface area (Å²) in [7, 11) is 0. The van der Waals surface area contributed by atoms with E-state index in [2.05, 4.69) is 10.6 Å². The van der Waals surface area contributed by atoms with Gasteiger partial charge in [0, 0.05) is 16.4 Å². The number of carboxylic acids is 1. The Morgan fingerprint density at radius 1 is 1.05 bits per heavy atom. The minimum Gasteiger partial charge on any atom is -0.872 e. The van der Waals surface area contributed by atoms with Crippen LogP contribution in [0.5, 0.6) is 5.75 Å². The Morgan fingerprint density at radius 3 is 2.33 bits per heavy atom. The standard InChI is InChI=1S/C14H11ClN2O4/c15-8-2-1-3-9(6-8)16-14(21)17-10-4-5-12(18)11(7-10)13(19)20/h1-7,18H,(H,19,20)(H2,16,17,21)/p-1. The van der Waals surface area contributed by atoms with Crippen LogP contribution in [0.25, 0.3) is 0 Å². The quantitative estimate of drug-likeness (QED) is 0.811. The average Bonchev–Trinajstić information content (AvgIpc) is 2.40. The van der Waals surface area contributed by atoms with Crippen LogP contribution in [0.1, 0.15) is 10.4 Å². The first-order valence-corrected chi connectivity index (χ1v) is 6.21. The zero-order valence-electron chi connectivity index (χ0n) is 10.6. The number of aromatic carboxylic acids is 1. The van der Waals surface area contributed by atoms with E-state index in [9.17, 15) is 14.7 Å². The molecular weight excluding hydrogens is 296 g/mol. The van der Waals surface area contributed by atoms with Crippen molar-refractivity contribution in [1.82, 2.24) is 0 Å². The summed E-state index contributed by atoms with van der Waals surface area (Å²) in [6.45, 7) is 0. The molecular formula is C14H10ClN2O4-. The topological polar surface area (TPSA) is 101 Å². The zero-order valence-corrected chi connectivity index (χ0v) is 11.3. The van der Waals surface area contributed by atoms with Crippen LogP contribution in [0.3, 0.4) is 0 Å². The monoisotopic (exact) mass is 305 g/mol. The molecule has 0 bridgehead atoms. The molecule has 108 valence electrons. The number of amides is 2. The summed E-state index contributed by atoms with van der Waals surface area (Å²) in [5, 5.41) is 25.6. The highest BCUT2D eigenvalue weighted by Crippen LogP contribution is 2.20. The van der Waals surface area contributed by atoms with Crippen molar-refractivity contribution in [3.05, 3.63) is 53.1 Å². The van der Waals surface area contributed by atoms with Crippen LogP contribution in [0.15, 0.2) is 42.5 Å². The molecule has 0 spiro atoms. The van der Waals surface area contributed by atoms with Gasteiger partial charge in [-0.25, -0.2) is 9.59 Å². The molecule has 0 radical (unpaired) electrons. The van der Waals surface area contributed by atoms with Crippen molar-refractivity contribution >= 4 is 35.0 Å². The lowest BCUT2D eigenvalue weighted by Crippen LogP contribution is -2.19. The van der Waals surface area contributed by atoms with Gasteiger partial charge in [0.05, 0.1) is 5.56 Å². The normalized spacial score (nSPS) is 9.95. The molecule has 0 aliphatic rings. The maximum Gasteiger partial charge on any atom is 0.335 e. The zero-order chi connectivity index (χ0) is 15.4. The first-order valence-electron chi connectivity index (χ1n) is 5.83. The molecule has 2 rings (SSSR count). The molecule has 2 amide bonds. The molecule has 3 N–H and O–H groups in total. The van der Waals surface area contributed by atoms with Gasteiger partial charge in [0.25, 0.3) is 0 Å². The smallest absolute Gasteiger partial charge is 0.335 e. The van der Waals surface area contributed by atoms with Gasteiger partial charge >= 0.3 is 12.0 Å². The lowest BCUT2D eigenvalue weighted by atomic mass is 10.2. The summed E-state index contributed by atoms with van der Waals surface area (Å²) < 4.78 is 0. The molecule has 2 aromatic carbocycles. The fourth-order valence-corrected chi connectivity index (χ4v) is 1.82. The minimum atomic E-state index is -1.35. The number of carbonyl (C=O) groups is 2. The molecule has 6 nitrogen and oxygen atoms in total. The van der Waals surface area contributed by atoms with E-state index in [0.29, 0.717) is 10.7 Å². The summed E-state index contributed by atoms with van der Waals surface area (Å²) in [5.74, 6) is -1.97. The van der Waals surface area contributed by atoms with Gasteiger partial charge in [-0.15, -0.1) is 0 Å². The number of hydrogen-bond donors (Lipinski definition) is 3. The van der Waals surface area contributed by atoms with E-state index in [1.165, 1.54) is 6.07 Å². The molecule has 0 unspecified atom stereocenters. The van der Waals surface area contributed by atoms with Crippen LogP contribution in [-0.2, 0) is 0 Å². The van der Waals surface area contributed by atoms with E-state index in [-0.39, 0.29) is 5.69 Å². The van der Waals surface area contributed by atoms with Crippen LogP contribution in [0, 0.1) is 0 Å². The lowest BCUT2D eigenvalue weighted by molar-refractivity contribution is -0.268. The van der Waals surface area contributed by atoms with Crippen LogP contribution >= 0.6 is 11.6 Å². The molecule has 0 saturated carbocycles. The van der Waals surface area contributed by atoms with Crippen molar-refractivity contribution in [1.29, 1.82) is 0 Å². The fraction of sp³-hybridized carbons (Fsp3) is 0. The minimum absolute atomic E-state index is 0.200. The lowest BCUT2D eigenvalue weighted by Gasteiger charge is -2.13. The Labute approximate surface area is 125 Å². The van der Waals surface area contributed by atoms with Crippen molar-refractivity contribution in [3.8, 4) is 5.75 Å². The fourth-order valence-electron chi connectivity index (χ4n) is 1.63. The number of benzene rings is 2. The van der Waals surface area contributed by atoms with E-state index in [4.69, 9.17) is 16.7 Å². The van der Waals surface area contributed by atoms with Gasteiger partial charge in [0.15, 0.2) is 0 Å². The molecule has 2 aromatic rings. The second-order valence-electron chi connectivity index (χ2n) is 4.11. The van der Waals surface area contributed by atoms with Gasteiger partial charge in [-0.1, -0.05) is 29.5 Å². The van der Waals surface area contributed by atoms with E-state index in [1.807, 2.05) is 0 Å². The molecule has 0 saturated heterocycles. The van der Waals surface area contributed by atoms with Crippen LogP contribution in [0.2, 0.25) is 5.02 Å². The molecule has 0 aliphatic heterocycles. The second kappa shape index (κ2) is 6.15. The van der Waals surface area contributed by atoms with E-state index in [0.717, 1.165) is 12.1 Å². The van der Waals surface area contributed by atoms with Gasteiger partial charge in [-0.2, -0.15) is 0 Å². The molecule has 0 fully saturated rings. The summed E-state index contributed by atoms with van der Waals surface area (Å²) in [6, 6.07) is 9.47. The summed E-state index contributed by atoms with van der Waals surface area (Å²) >= 11 is 5.79. The van der Waals surface area contributed by atoms with Crippen LogP contribution < -0.4 is 15.7 Å². The van der Waals surface area contributed by atoms with Crippen molar-refractivity contribution in [3.63, 3.8) is 0 Å². The predicted octanol–water partition coefficient (Wildman–Crippen LogP) is 2.76. The van der Waals surface area contributed by atoms with Crippen molar-refractivity contribution < 1.29 is 19.8 Å². The number of rotatable bonds is 3. The number of nitrogens with one attached hydrogen (secondary N) is 2. The van der Waals surface area contributed by atoms with Gasteiger partial charge in [0.2, 0.25) is 0 Å². The first kappa shape index (κ1) is 14.7. The highest BCUT2D eigenvalue weighted by Gasteiger charge is 2.08.